The smallest absolute Gasteiger partial charge is 0.410 e. The van der Waals surface area contributed by atoms with E-state index in [2.05, 4.69) is 0 Å². The van der Waals surface area contributed by atoms with E-state index in [-0.39, 0.29) is 12.2 Å². The van der Waals surface area contributed by atoms with Crippen molar-refractivity contribution in [1.82, 2.24) is 4.90 Å². The Morgan fingerprint density at radius 2 is 1.80 bits per heavy atom. The number of nitrogens with zero attached hydrogens (tertiary/aromatic N) is 2. The molecule has 1 aromatic rings. The minimum atomic E-state index is -1.06. The summed E-state index contributed by atoms with van der Waals surface area (Å²) >= 11 is 0. The number of rotatable bonds is 4. The number of ether oxygens (including phenoxy) is 1. The molecule has 0 aromatic heterocycles. The van der Waals surface area contributed by atoms with Gasteiger partial charge < -0.3 is 15.6 Å². The number of hydrogen-bond acceptors (Lipinski definition) is 5. The largest absolute Gasteiger partial charge is 0.674 e. The monoisotopic (exact) mass is 354 g/mol. The molecule has 140 valence electrons. The molecule has 0 heterocycles. The number of amides is 1. The summed E-state index contributed by atoms with van der Waals surface area (Å²) in [6.45, 7) is 6.77. The average molecular weight is 354 g/mol. The fourth-order valence-corrected chi connectivity index (χ4v) is 1.39. The average Bonchev–Trinajstić information content (AvgIpc) is 2.52. The molecule has 2 N–H and O–H groups in total. The summed E-state index contributed by atoms with van der Waals surface area (Å²) in [5, 5.41) is 18.8. The molecule has 0 saturated carbocycles. The van der Waals surface area contributed by atoms with Gasteiger partial charge in [-0.15, -0.1) is 6.54 Å². The van der Waals surface area contributed by atoms with E-state index in [4.69, 9.17) is 15.6 Å². The Labute approximate surface area is 146 Å². The summed E-state index contributed by atoms with van der Waals surface area (Å²) in [6.07, 6.45) is -0.632. The highest BCUT2D eigenvalue weighted by Crippen LogP contribution is 2.12. The molecular weight excluding hydrogens is 330 g/mol. The zero-order chi connectivity index (χ0) is 19.8. The van der Waals surface area contributed by atoms with Crippen LogP contribution in [-0.4, -0.2) is 45.7 Å². The summed E-state index contributed by atoms with van der Waals surface area (Å²) < 4.78 is 4.99. The first-order valence-electron chi connectivity index (χ1n) is 7.45. The van der Waals surface area contributed by atoms with Gasteiger partial charge in [0.2, 0.25) is 0 Å². The Bertz CT molecular complexity index is 595. The van der Waals surface area contributed by atoms with Gasteiger partial charge in [0.05, 0.1) is 4.92 Å². The first kappa shape index (κ1) is 22.3. The van der Waals surface area contributed by atoms with Crippen LogP contribution in [0.15, 0.2) is 24.3 Å². The molecule has 0 aliphatic rings. The van der Waals surface area contributed by atoms with Gasteiger partial charge in [-0.2, -0.15) is 0 Å². The van der Waals surface area contributed by atoms with Crippen LogP contribution < -0.4 is 0 Å². The van der Waals surface area contributed by atoms with E-state index in [0.717, 1.165) is 10.5 Å². The molecule has 0 unspecified atom stereocenters. The fourth-order valence-electron chi connectivity index (χ4n) is 1.39. The highest BCUT2D eigenvalue weighted by Gasteiger charge is 2.26. The van der Waals surface area contributed by atoms with Crippen LogP contribution in [0.1, 0.15) is 33.3 Å². The van der Waals surface area contributed by atoms with Crippen LogP contribution in [0, 0.1) is 10.1 Å². The number of nitro groups is 1. The minimum Gasteiger partial charge on any atom is -0.674 e. The van der Waals surface area contributed by atoms with Crippen LogP contribution in [0.5, 0.6) is 0 Å². The van der Waals surface area contributed by atoms with Gasteiger partial charge in [0.15, 0.2) is 0 Å². The molecule has 0 aliphatic carbocycles. The van der Waals surface area contributed by atoms with E-state index in [0.29, 0.717) is 0 Å². The van der Waals surface area contributed by atoms with Gasteiger partial charge >= 0.3 is 12.1 Å². The van der Waals surface area contributed by atoms with Crippen LogP contribution in [-0.2, 0) is 16.1 Å². The molecule has 1 amide bonds. The Kier molecular flexibility index (Phi) is 8.55. The van der Waals surface area contributed by atoms with Gasteiger partial charge in [0, 0.05) is 19.2 Å². The SMILES string of the molecule is C[C@@H](C(=O)O)N(C)C(=O)OC(C)(C)C.[NH-]Cc1ccc([N+](=O)[O-])cc1. The van der Waals surface area contributed by atoms with Crippen LogP contribution in [0.4, 0.5) is 10.5 Å². The molecule has 1 atom stereocenters. The standard InChI is InChI=1S/C9H17NO4.C7H7N2O2/c1-6(7(11)12)10(5)8(13)14-9(2,3)4;8-5-6-1-3-7(4-2-6)9(10)11/h6H,1-5H3,(H,11,12);1-4,8H,5H2/q;-1/t6-;/m0./s1. The second kappa shape index (κ2) is 9.58. The first-order chi connectivity index (χ1) is 11.4. The Balaban J connectivity index is 0.000000472. The van der Waals surface area contributed by atoms with E-state index in [1.165, 1.54) is 26.1 Å². The molecule has 0 saturated heterocycles. The van der Waals surface area contributed by atoms with Gasteiger partial charge in [0.1, 0.15) is 11.6 Å². The van der Waals surface area contributed by atoms with Crippen molar-refractivity contribution < 1.29 is 24.4 Å². The first-order valence-corrected chi connectivity index (χ1v) is 7.45. The lowest BCUT2D eigenvalue weighted by molar-refractivity contribution is -0.384. The predicted octanol–water partition coefficient (Wildman–Crippen LogP) is 3.47. The third kappa shape index (κ3) is 8.66. The third-order valence-corrected chi connectivity index (χ3v) is 2.97. The second-order valence-electron chi connectivity index (χ2n) is 6.21. The van der Waals surface area contributed by atoms with Crippen molar-refractivity contribution in [3.8, 4) is 0 Å². The summed E-state index contributed by atoms with van der Waals surface area (Å²) in [7, 11) is 1.40. The van der Waals surface area contributed by atoms with E-state index in [1.807, 2.05) is 0 Å². The van der Waals surface area contributed by atoms with Crippen molar-refractivity contribution >= 4 is 17.7 Å². The van der Waals surface area contributed by atoms with E-state index in [9.17, 15) is 19.7 Å². The molecule has 9 nitrogen and oxygen atoms in total. The van der Waals surface area contributed by atoms with Crippen molar-refractivity contribution in [3.63, 3.8) is 0 Å². The van der Waals surface area contributed by atoms with Crippen LogP contribution in [0.3, 0.4) is 0 Å². The number of carboxylic acids is 1. The number of hydrogen-bond donors (Lipinski definition) is 1. The van der Waals surface area contributed by atoms with Crippen LogP contribution in [0.25, 0.3) is 5.73 Å². The molecular formula is C16H24N3O6-. The lowest BCUT2D eigenvalue weighted by atomic mass is 10.2. The van der Waals surface area contributed by atoms with E-state index in [1.54, 1.807) is 32.9 Å². The third-order valence-electron chi connectivity index (χ3n) is 2.97. The fraction of sp³-hybridized carbons (Fsp3) is 0.500. The normalized spacial score (nSPS) is 11.6. The Morgan fingerprint density at radius 3 is 2.12 bits per heavy atom. The van der Waals surface area contributed by atoms with Gasteiger partial charge in [-0.05, 0) is 27.7 Å². The van der Waals surface area contributed by atoms with E-state index >= 15 is 0 Å². The van der Waals surface area contributed by atoms with Crippen molar-refractivity contribution in [1.29, 1.82) is 0 Å². The maximum Gasteiger partial charge on any atom is 0.410 e. The van der Waals surface area contributed by atoms with E-state index < -0.39 is 28.6 Å². The van der Waals surface area contributed by atoms with Gasteiger partial charge in [-0.1, -0.05) is 17.7 Å². The molecule has 0 spiro atoms. The number of non-ortho nitro benzene ring substituents is 1. The highest BCUT2D eigenvalue weighted by molar-refractivity contribution is 5.79. The number of benzene rings is 1. The van der Waals surface area contributed by atoms with Crippen LogP contribution in [0.2, 0.25) is 0 Å². The zero-order valence-corrected chi connectivity index (χ0v) is 15.0. The molecule has 0 bridgehead atoms. The number of likely N-dealkylation sites (N-methyl/N-ethyl adjacent to an activating group) is 1. The number of carbonyl (C=O) groups excluding carboxylic acids is 1. The highest BCUT2D eigenvalue weighted by atomic mass is 16.6. The molecule has 1 aromatic carbocycles. The molecule has 1 rings (SSSR count). The maximum absolute atomic E-state index is 11.3. The lowest BCUT2D eigenvalue weighted by Crippen LogP contribution is -2.43. The Hall–Kier alpha value is -2.68. The molecule has 0 radical (unpaired) electrons. The number of carbonyl (C=O) groups is 2. The van der Waals surface area contributed by atoms with Crippen LogP contribution >= 0.6 is 0 Å². The summed E-state index contributed by atoms with van der Waals surface area (Å²) in [4.78, 5) is 32.7. The topological polar surface area (TPSA) is 134 Å². The number of nitro benzene ring substituents is 1. The Morgan fingerprint density at radius 1 is 1.32 bits per heavy atom. The van der Waals surface area contributed by atoms with Gasteiger partial charge in [0.25, 0.3) is 5.69 Å². The molecule has 9 heteroatoms. The second-order valence-corrected chi connectivity index (χ2v) is 6.21. The van der Waals surface area contributed by atoms with Crippen molar-refractivity contribution in [3.05, 3.63) is 45.7 Å². The number of aliphatic carboxylic acids is 1. The summed E-state index contributed by atoms with van der Waals surface area (Å²) in [6, 6.07) is 5.11. The summed E-state index contributed by atoms with van der Waals surface area (Å²) in [5.74, 6) is -1.06. The molecule has 0 fully saturated rings. The van der Waals surface area contributed by atoms with Crippen molar-refractivity contribution in [2.45, 2.75) is 45.9 Å². The van der Waals surface area contributed by atoms with Gasteiger partial charge in [-0.25, -0.2) is 9.59 Å². The maximum atomic E-state index is 11.3. The molecule has 25 heavy (non-hydrogen) atoms. The molecule has 0 aliphatic heterocycles. The van der Waals surface area contributed by atoms with Gasteiger partial charge in [-0.3, -0.25) is 15.0 Å². The zero-order valence-electron chi connectivity index (χ0n) is 15.0. The number of nitrogens with one attached hydrogen (secondary N) is 1. The predicted molar refractivity (Wildman–Crippen MR) is 92.2 cm³/mol. The quantitative estimate of drug-likeness (QED) is 0.650. The van der Waals surface area contributed by atoms with Crippen molar-refractivity contribution in [2.24, 2.45) is 0 Å². The minimum absolute atomic E-state index is 0.0715. The number of carboxylic acid groups (broad SMARTS) is 1. The van der Waals surface area contributed by atoms with Crippen molar-refractivity contribution in [2.75, 3.05) is 7.05 Å². The summed E-state index contributed by atoms with van der Waals surface area (Å²) in [5.41, 5.74) is 7.20. The lowest BCUT2D eigenvalue weighted by Gasteiger charge is -2.26.